The number of rotatable bonds is 8. The maximum Gasteiger partial charge on any atom is 0.268 e. The fraction of sp³-hybridized carbons (Fsp3) is 0.0909. The van der Waals surface area contributed by atoms with Crippen LogP contribution in [0, 0.1) is 13.8 Å². The minimum Gasteiger partial charge on any atom is -0.238 e. The standard InChI is InChI=1S/2C22H19NO2S/c2*1-17-11-13-21(14-12-17)26(24,25)23-20(15-18-7-3-2-4-8-18)16-19-9-5-6-10-22(19)23/h2*2-14,16H,15H2,1H3. The zero-order valence-corrected chi connectivity index (χ0v) is 30.6. The lowest BCUT2D eigenvalue weighted by atomic mass is 10.1. The highest BCUT2D eigenvalue weighted by Crippen LogP contribution is 2.29. The van der Waals surface area contributed by atoms with Crippen LogP contribution in [0.15, 0.2) is 180 Å². The van der Waals surface area contributed by atoms with Crippen molar-refractivity contribution in [3.63, 3.8) is 0 Å². The lowest BCUT2D eigenvalue weighted by Gasteiger charge is -2.12. The predicted molar refractivity (Wildman–Crippen MR) is 210 cm³/mol. The fourth-order valence-electron chi connectivity index (χ4n) is 6.43. The predicted octanol–water partition coefficient (Wildman–Crippen LogP) is 9.56. The van der Waals surface area contributed by atoms with E-state index >= 15 is 0 Å². The molecule has 0 aliphatic carbocycles. The zero-order chi connectivity index (χ0) is 36.3. The lowest BCUT2D eigenvalue weighted by Crippen LogP contribution is -2.16. The Morgan fingerprint density at radius 2 is 0.731 bits per heavy atom. The third kappa shape index (κ3) is 7.08. The molecule has 0 amide bonds. The Bertz CT molecular complexity index is 2510. The van der Waals surface area contributed by atoms with E-state index in [0.717, 1.165) is 44.4 Å². The quantitative estimate of drug-likeness (QED) is 0.157. The summed E-state index contributed by atoms with van der Waals surface area (Å²) in [5.74, 6) is 0. The van der Waals surface area contributed by atoms with Crippen LogP contribution in [0.5, 0.6) is 0 Å². The number of benzene rings is 6. The average Bonchev–Trinajstić information content (AvgIpc) is 3.71. The smallest absolute Gasteiger partial charge is 0.238 e. The van der Waals surface area contributed by atoms with Crippen LogP contribution in [-0.4, -0.2) is 24.8 Å². The van der Waals surface area contributed by atoms with Gasteiger partial charge in [0.2, 0.25) is 0 Å². The molecule has 0 fully saturated rings. The van der Waals surface area contributed by atoms with Gasteiger partial charge in [-0.2, -0.15) is 0 Å². The van der Waals surface area contributed by atoms with Gasteiger partial charge in [0.25, 0.3) is 20.0 Å². The first kappa shape index (κ1) is 34.7. The second-order valence-corrected chi connectivity index (χ2v) is 16.5. The SMILES string of the molecule is Cc1ccc(S(=O)(=O)n2c(Cc3ccccc3)cc3ccccc32)cc1.Cc1ccc(S(=O)(=O)n2c(Cc3ccccc3)cc3ccccc32)cc1. The van der Waals surface area contributed by atoms with Crippen LogP contribution in [0.4, 0.5) is 0 Å². The topological polar surface area (TPSA) is 78.1 Å². The van der Waals surface area contributed by atoms with Crippen LogP contribution in [0.3, 0.4) is 0 Å². The molecule has 0 unspecified atom stereocenters. The van der Waals surface area contributed by atoms with Crippen LogP contribution in [0.25, 0.3) is 21.8 Å². The molecule has 0 aliphatic heterocycles. The van der Waals surface area contributed by atoms with E-state index in [1.807, 2.05) is 159 Å². The van der Waals surface area contributed by atoms with Crippen LogP contribution >= 0.6 is 0 Å². The minimum absolute atomic E-state index is 0.304. The largest absolute Gasteiger partial charge is 0.268 e. The normalized spacial score (nSPS) is 11.7. The van der Waals surface area contributed by atoms with Crippen molar-refractivity contribution in [2.24, 2.45) is 0 Å². The average molecular weight is 723 g/mol. The number of nitrogens with zero attached hydrogens (tertiary/aromatic N) is 2. The van der Waals surface area contributed by atoms with Gasteiger partial charge in [-0.25, -0.2) is 24.8 Å². The first-order valence-electron chi connectivity index (χ1n) is 17.0. The van der Waals surface area contributed by atoms with Gasteiger partial charge in [-0.15, -0.1) is 0 Å². The number of hydrogen-bond donors (Lipinski definition) is 0. The van der Waals surface area contributed by atoms with Crippen molar-refractivity contribution in [3.05, 3.63) is 203 Å². The molecule has 8 aromatic rings. The molecule has 0 N–H and O–H groups in total. The van der Waals surface area contributed by atoms with Crippen molar-refractivity contribution in [1.82, 2.24) is 7.94 Å². The molecule has 6 nitrogen and oxygen atoms in total. The summed E-state index contributed by atoms with van der Waals surface area (Å²) >= 11 is 0. The first-order valence-corrected chi connectivity index (χ1v) is 19.9. The summed E-state index contributed by atoms with van der Waals surface area (Å²) in [4.78, 5) is 0.609. The van der Waals surface area contributed by atoms with Crippen molar-refractivity contribution >= 4 is 41.9 Å². The molecular formula is C44H38N2O4S2. The first-order chi connectivity index (χ1) is 25.1. The summed E-state index contributed by atoms with van der Waals surface area (Å²) in [6.07, 6.45) is 1.11. The number of para-hydroxylation sites is 2. The fourth-order valence-corrected chi connectivity index (χ4v) is 9.51. The second kappa shape index (κ2) is 14.5. The maximum atomic E-state index is 13.4. The van der Waals surface area contributed by atoms with E-state index in [9.17, 15) is 16.8 Å². The Morgan fingerprint density at radius 1 is 0.404 bits per heavy atom. The molecule has 2 heterocycles. The molecule has 0 aliphatic rings. The molecule has 6 aromatic carbocycles. The van der Waals surface area contributed by atoms with Gasteiger partial charge in [0.15, 0.2) is 0 Å². The third-order valence-corrected chi connectivity index (χ3v) is 12.6. The Labute approximate surface area is 305 Å². The van der Waals surface area contributed by atoms with Gasteiger partial charge in [-0.05, 0) is 73.5 Å². The lowest BCUT2D eigenvalue weighted by molar-refractivity contribution is 0.585. The third-order valence-electron chi connectivity index (χ3n) is 9.05. The number of aryl methyl sites for hydroxylation is 2. The molecule has 0 spiro atoms. The second-order valence-electron chi connectivity index (χ2n) is 12.9. The summed E-state index contributed by atoms with van der Waals surface area (Å²) in [5.41, 5.74) is 7.16. The summed E-state index contributed by atoms with van der Waals surface area (Å²) in [6, 6.07) is 53.0. The van der Waals surface area contributed by atoms with E-state index in [1.54, 1.807) is 24.3 Å². The number of fused-ring (bicyclic) bond motifs is 2. The van der Waals surface area contributed by atoms with E-state index in [0.29, 0.717) is 33.7 Å². The van der Waals surface area contributed by atoms with Gasteiger partial charge >= 0.3 is 0 Å². The summed E-state index contributed by atoms with van der Waals surface area (Å²) in [7, 11) is -7.35. The molecule has 2 aromatic heterocycles. The Hall–Kier alpha value is -5.70. The van der Waals surface area contributed by atoms with Crippen LogP contribution in [0.2, 0.25) is 0 Å². The van der Waals surface area contributed by atoms with Gasteiger partial charge in [-0.1, -0.05) is 132 Å². The van der Waals surface area contributed by atoms with Gasteiger partial charge in [0.1, 0.15) is 0 Å². The van der Waals surface area contributed by atoms with Crippen LogP contribution in [0.1, 0.15) is 33.6 Å². The Morgan fingerprint density at radius 3 is 1.10 bits per heavy atom. The molecule has 8 heteroatoms. The minimum atomic E-state index is -3.67. The highest BCUT2D eigenvalue weighted by Gasteiger charge is 2.24. The molecule has 52 heavy (non-hydrogen) atoms. The van der Waals surface area contributed by atoms with Gasteiger partial charge in [-0.3, -0.25) is 0 Å². The van der Waals surface area contributed by atoms with Gasteiger partial charge in [0.05, 0.1) is 20.8 Å². The molecule has 0 radical (unpaired) electrons. The van der Waals surface area contributed by atoms with Crippen molar-refractivity contribution in [1.29, 1.82) is 0 Å². The molecule has 0 atom stereocenters. The molecule has 8 rings (SSSR count). The number of aromatic nitrogens is 2. The molecular weight excluding hydrogens is 685 g/mol. The summed E-state index contributed by atoms with van der Waals surface area (Å²) in [5, 5.41) is 1.85. The molecule has 0 bridgehead atoms. The highest BCUT2D eigenvalue weighted by molar-refractivity contribution is 7.90. The van der Waals surface area contributed by atoms with E-state index < -0.39 is 20.0 Å². The van der Waals surface area contributed by atoms with E-state index in [2.05, 4.69) is 0 Å². The Balaban J connectivity index is 0.000000162. The molecule has 0 saturated heterocycles. The monoisotopic (exact) mass is 722 g/mol. The van der Waals surface area contributed by atoms with E-state index in [4.69, 9.17) is 0 Å². The molecule has 260 valence electrons. The summed E-state index contributed by atoms with van der Waals surface area (Å²) < 4.78 is 56.5. The van der Waals surface area contributed by atoms with Gasteiger partial charge < -0.3 is 0 Å². The van der Waals surface area contributed by atoms with Crippen molar-refractivity contribution in [2.75, 3.05) is 0 Å². The van der Waals surface area contributed by atoms with E-state index in [-0.39, 0.29) is 0 Å². The van der Waals surface area contributed by atoms with Crippen molar-refractivity contribution in [3.8, 4) is 0 Å². The van der Waals surface area contributed by atoms with Gasteiger partial charge in [0, 0.05) is 35.0 Å². The van der Waals surface area contributed by atoms with Crippen molar-refractivity contribution in [2.45, 2.75) is 36.5 Å². The van der Waals surface area contributed by atoms with Crippen molar-refractivity contribution < 1.29 is 16.8 Å². The Kier molecular flexibility index (Phi) is 9.69. The maximum absolute atomic E-state index is 13.4. The highest BCUT2D eigenvalue weighted by atomic mass is 32.2. The number of hydrogen-bond acceptors (Lipinski definition) is 4. The van der Waals surface area contributed by atoms with Crippen LogP contribution in [-0.2, 0) is 32.9 Å². The van der Waals surface area contributed by atoms with Crippen LogP contribution < -0.4 is 0 Å². The molecule has 0 saturated carbocycles. The summed E-state index contributed by atoms with van der Waals surface area (Å²) in [6.45, 7) is 3.89. The zero-order valence-electron chi connectivity index (χ0n) is 28.9. The van der Waals surface area contributed by atoms with E-state index in [1.165, 1.54) is 7.94 Å².